The normalized spacial score (nSPS) is 25.1. The molecule has 118 valence electrons. The molecular formula is C15H31N3O2. The van der Waals surface area contributed by atoms with Crippen LogP contribution in [0.25, 0.3) is 0 Å². The van der Waals surface area contributed by atoms with Crippen LogP contribution in [0.3, 0.4) is 0 Å². The van der Waals surface area contributed by atoms with Gasteiger partial charge in [0.15, 0.2) is 0 Å². The van der Waals surface area contributed by atoms with Crippen LogP contribution < -0.4 is 16.4 Å². The lowest BCUT2D eigenvalue weighted by Gasteiger charge is -2.27. The molecule has 5 nitrogen and oxygen atoms in total. The topological polar surface area (TPSA) is 76.4 Å². The molecule has 0 aromatic rings. The number of nitrogens with two attached hydrogens (primary N) is 1. The molecule has 0 aromatic carbocycles. The summed E-state index contributed by atoms with van der Waals surface area (Å²) in [5, 5.41) is 6.41. The maximum atomic E-state index is 11.6. The molecule has 0 saturated heterocycles. The number of nitrogens with one attached hydrogen (secondary N) is 2. The van der Waals surface area contributed by atoms with E-state index in [0.29, 0.717) is 12.1 Å². The van der Waals surface area contributed by atoms with E-state index < -0.39 is 5.60 Å². The third kappa shape index (κ3) is 7.70. The first-order valence-corrected chi connectivity index (χ1v) is 7.75. The Hall–Kier alpha value is -0.810. The van der Waals surface area contributed by atoms with Crippen molar-refractivity contribution in [3.8, 4) is 0 Å². The zero-order valence-corrected chi connectivity index (χ0v) is 13.4. The molecule has 1 amide bonds. The minimum absolute atomic E-state index is 0.114. The number of amides is 1. The molecule has 5 heteroatoms. The summed E-state index contributed by atoms with van der Waals surface area (Å²) in [7, 11) is 0. The van der Waals surface area contributed by atoms with E-state index in [4.69, 9.17) is 10.5 Å². The van der Waals surface area contributed by atoms with Crippen LogP contribution in [0.15, 0.2) is 0 Å². The summed E-state index contributed by atoms with van der Waals surface area (Å²) in [5.74, 6) is 0. The number of hydrogen-bond acceptors (Lipinski definition) is 4. The fourth-order valence-electron chi connectivity index (χ4n) is 2.41. The summed E-state index contributed by atoms with van der Waals surface area (Å²) >= 11 is 0. The lowest BCUT2D eigenvalue weighted by atomic mass is 9.92. The van der Waals surface area contributed by atoms with Gasteiger partial charge in [0.1, 0.15) is 5.60 Å². The fraction of sp³-hybridized carbons (Fsp3) is 0.933. The van der Waals surface area contributed by atoms with Crippen molar-refractivity contribution < 1.29 is 9.53 Å². The van der Waals surface area contributed by atoms with Crippen molar-refractivity contribution >= 4 is 6.09 Å². The quantitative estimate of drug-likeness (QED) is 0.723. The average molecular weight is 285 g/mol. The third-order valence-electron chi connectivity index (χ3n) is 3.55. The molecule has 0 heterocycles. The summed E-state index contributed by atoms with van der Waals surface area (Å²) < 4.78 is 5.23. The van der Waals surface area contributed by atoms with Crippen molar-refractivity contribution in [2.24, 2.45) is 5.73 Å². The van der Waals surface area contributed by atoms with Gasteiger partial charge in [-0.1, -0.05) is 0 Å². The van der Waals surface area contributed by atoms with Gasteiger partial charge in [-0.15, -0.1) is 0 Å². The number of rotatable bonds is 5. The van der Waals surface area contributed by atoms with E-state index in [1.54, 1.807) is 0 Å². The molecule has 1 saturated carbocycles. The van der Waals surface area contributed by atoms with Crippen molar-refractivity contribution in [3.63, 3.8) is 0 Å². The number of carbonyl (C=O) groups is 1. The SMILES string of the molecule is CC(CCNC1CCC(N)CC1)NC(=O)OC(C)(C)C. The summed E-state index contributed by atoms with van der Waals surface area (Å²) in [6.45, 7) is 8.52. The number of alkyl carbamates (subject to hydrolysis) is 1. The molecule has 1 fully saturated rings. The van der Waals surface area contributed by atoms with Crippen LogP contribution in [0.4, 0.5) is 4.79 Å². The summed E-state index contributed by atoms with van der Waals surface area (Å²) in [6, 6.07) is 1.09. The van der Waals surface area contributed by atoms with Crippen LogP contribution in [0.1, 0.15) is 59.8 Å². The Morgan fingerprint density at radius 2 is 1.90 bits per heavy atom. The Labute approximate surface area is 123 Å². The highest BCUT2D eigenvalue weighted by molar-refractivity contribution is 5.67. The van der Waals surface area contributed by atoms with Crippen LogP contribution in [0.5, 0.6) is 0 Å². The van der Waals surface area contributed by atoms with Crippen LogP contribution in [0.2, 0.25) is 0 Å². The molecule has 0 radical (unpaired) electrons. The molecule has 0 aliphatic heterocycles. The predicted octanol–water partition coefficient (Wildman–Crippen LogP) is 2.15. The Bertz CT molecular complexity index is 294. The van der Waals surface area contributed by atoms with Crippen molar-refractivity contribution in [1.82, 2.24) is 10.6 Å². The molecule has 0 aromatic heterocycles. The Kier molecular flexibility index (Phi) is 6.76. The number of carbonyl (C=O) groups excluding carboxylic acids is 1. The minimum Gasteiger partial charge on any atom is -0.444 e. The lowest BCUT2D eigenvalue weighted by Crippen LogP contribution is -2.41. The molecule has 20 heavy (non-hydrogen) atoms. The Morgan fingerprint density at radius 3 is 2.45 bits per heavy atom. The van der Waals surface area contributed by atoms with Crippen LogP contribution in [-0.4, -0.2) is 36.4 Å². The van der Waals surface area contributed by atoms with Crippen molar-refractivity contribution in [1.29, 1.82) is 0 Å². The van der Waals surface area contributed by atoms with E-state index >= 15 is 0 Å². The van der Waals surface area contributed by atoms with Gasteiger partial charge in [-0.05, 0) is 66.3 Å². The van der Waals surface area contributed by atoms with Gasteiger partial charge in [0.05, 0.1) is 0 Å². The highest BCUT2D eigenvalue weighted by Crippen LogP contribution is 2.16. The summed E-state index contributed by atoms with van der Waals surface area (Å²) in [4.78, 5) is 11.6. The molecule has 1 rings (SSSR count). The van der Waals surface area contributed by atoms with Gasteiger partial charge in [-0.2, -0.15) is 0 Å². The summed E-state index contributed by atoms with van der Waals surface area (Å²) in [6.07, 6.45) is 5.12. The van der Waals surface area contributed by atoms with E-state index in [-0.39, 0.29) is 12.1 Å². The zero-order valence-electron chi connectivity index (χ0n) is 13.4. The second kappa shape index (κ2) is 7.84. The third-order valence-corrected chi connectivity index (χ3v) is 3.55. The second-order valence-corrected chi connectivity index (χ2v) is 6.90. The maximum Gasteiger partial charge on any atom is 0.407 e. The molecule has 1 unspecified atom stereocenters. The highest BCUT2D eigenvalue weighted by atomic mass is 16.6. The minimum atomic E-state index is -0.442. The maximum absolute atomic E-state index is 11.6. The van der Waals surface area contributed by atoms with Crippen molar-refractivity contribution in [2.75, 3.05) is 6.54 Å². The molecule has 1 aliphatic carbocycles. The Balaban J connectivity index is 2.11. The Morgan fingerprint density at radius 1 is 1.30 bits per heavy atom. The van der Waals surface area contributed by atoms with E-state index in [1.165, 1.54) is 0 Å². The first-order valence-electron chi connectivity index (χ1n) is 7.75. The van der Waals surface area contributed by atoms with E-state index in [2.05, 4.69) is 10.6 Å². The lowest BCUT2D eigenvalue weighted by molar-refractivity contribution is 0.0506. The van der Waals surface area contributed by atoms with Gasteiger partial charge in [-0.25, -0.2) is 4.79 Å². The zero-order chi connectivity index (χ0) is 15.2. The van der Waals surface area contributed by atoms with Crippen LogP contribution in [0, 0.1) is 0 Å². The molecule has 4 N–H and O–H groups in total. The van der Waals surface area contributed by atoms with E-state index in [1.807, 2.05) is 27.7 Å². The predicted molar refractivity (Wildman–Crippen MR) is 81.7 cm³/mol. The van der Waals surface area contributed by atoms with E-state index in [0.717, 1.165) is 38.6 Å². The monoisotopic (exact) mass is 285 g/mol. The van der Waals surface area contributed by atoms with E-state index in [9.17, 15) is 4.79 Å². The highest BCUT2D eigenvalue weighted by Gasteiger charge is 2.19. The fourth-order valence-corrected chi connectivity index (χ4v) is 2.41. The van der Waals surface area contributed by atoms with Crippen LogP contribution in [-0.2, 0) is 4.74 Å². The molecule has 1 atom stereocenters. The number of hydrogen-bond donors (Lipinski definition) is 3. The van der Waals surface area contributed by atoms with Gasteiger partial charge in [-0.3, -0.25) is 0 Å². The van der Waals surface area contributed by atoms with Gasteiger partial charge in [0.25, 0.3) is 0 Å². The smallest absolute Gasteiger partial charge is 0.407 e. The largest absolute Gasteiger partial charge is 0.444 e. The molecular weight excluding hydrogens is 254 g/mol. The van der Waals surface area contributed by atoms with Gasteiger partial charge in [0, 0.05) is 18.1 Å². The average Bonchev–Trinajstić information content (AvgIpc) is 2.29. The van der Waals surface area contributed by atoms with Gasteiger partial charge in [0.2, 0.25) is 0 Å². The number of ether oxygens (including phenoxy) is 1. The first-order chi connectivity index (χ1) is 9.26. The first kappa shape index (κ1) is 17.2. The standard InChI is InChI=1S/C15H31N3O2/c1-11(18-14(19)20-15(2,3)4)9-10-17-13-7-5-12(16)6-8-13/h11-13,17H,5-10,16H2,1-4H3,(H,18,19). The molecule has 1 aliphatic rings. The van der Waals surface area contributed by atoms with Crippen molar-refractivity contribution in [2.45, 2.75) is 83.5 Å². The van der Waals surface area contributed by atoms with Gasteiger partial charge >= 0.3 is 6.09 Å². The van der Waals surface area contributed by atoms with Crippen molar-refractivity contribution in [3.05, 3.63) is 0 Å². The molecule has 0 spiro atoms. The summed E-state index contributed by atoms with van der Waals surface area (Å²) in [5.41, 5.74) is 5.45. The second-order valence-electron chi connectivity index (χ2n) is 6.90. The van der Waals surface area contributed by atoms with Gasteiger partial charge < -0.3 is 21.1 Å². The van der Waals surface area contributed by atoms with Crippen LogP contribution >= 0.6 is 0 Å². The molecule has 0 bridgehead atoms.